The van der Waals surface area contributed by atoms with Gasteiger partial charge < -0.3 is 25.2 Å². The number of carbonyl (C=O) groups excluding carboxylic acids is 3. The summed E-state index contributed by atoms with van der Waals surface area (Å²) >= 11 is 0. The van der Waals surface area contributed by atoms with E-state index in [0.717, 1.165) is 5.56 Å². The Morgan fingerprint density at radius 3 is 2.21 bits per heavy atom. The number of aliphatic carboxylic acids is 1. The van der Waals surface area contributed by atoms with Crippen LogP contribution in [0.5, 0.6) is 0 Å². The van der Waals surface area contributed by atoms with Gasteiger partial charge in [-0.15, -0.1) is 0 Å². The van der Waals surface area contributed by atoms with Gasteiger partial charge in [0.05, 0.1) is 6.42 Å². The molecule has 2 amide bonds. The lowest BCUT2D eigenvalue weighted by molar-refractivity contribution is -0.147. The minimum Gasteiger partial charge on any atom is -0.480 e. The van der Waals surface area contributed by atoms with Crippen molar-refractivity contribution in [2.24, 2.45) is 0 Å². The molecule has 0 saturated carbocycles. The Hall–Kier alpha value is -3.10. The average Bonchev–Trinajstić information content (AvgIpc) is 2.58. The van der Waals surface area contributed by atoms with Crippen molar-refractivity contribution < 1.29 is 33.8 Å². The summed E-state index contributed by atoms with van der Waals surface area (Å²) in [6.07, 6.45) is -1.39. The zero-order valence-electron chi connectivity index (χ0n) is 16.4. The predicted octanol–water partition coefficient (Wildman–Crippen LogP) is 1.60. The average molecular weight is 394 g/mol. The van der Waals surface area contributed by atoms with Gasteiger partial charge in [-0.1, -0.05) is 30.3 Å². The zero-order valence-corrected chi connectivity index (χ0v) is 16.4. The van der Waals surface area contributed by atoms with Crippen LogP contribution in [0.25, 0.3) is 0 Å². The lowest BCUT2D eigenvalue weighted by Crippen LogP contribution is -2.52. The lowest BCUT2D eigenvalue weighted by atomic mass is 10.1. The van der Waals surface area contributed by atoms with Gasteiger partial charge in [0.2, 0.25) is 5.91 Å². The van der Waals surface area contributed by atoms with E-state index < -0.39 is 48.0 Å². The summed E-state index contributed by atoms with van der Waals surface area (Å²) in [7, 11) is 0. The van der Waals surface area contributed by atoms with E-state index in [1.807, 2.05) is 6.07 Å². The fraction of sp³-hybridized carbons (Fsp3) is 0.474. The van der Waals surface area contributed by atoms with E-state index in [-0.39, 0.29) is 6.61 Å². The van der Waals surface area contributed by atoms with Crippen LogP contribution in [0, 0.1) is 0 Å². The third kappa shape index (κ3) is 9.02. The van der Waals surface area contributed by atoms with E-state index in [4.69, 9.17) is 14.6 Å². The lowest BCUT2D eigenvalue weighted by Gasteiger charge is -2.23. The van der Waals surface area contributed by atoms with Crippen LogP contribution in [0.2, 0.25) is 0 Å². The van der Waals surface area contributed by atoms with Gasteiger partial charge in [-0.2, -0.15) is 0 Å². The fourth-order valence-corrected chi connectivity index (χ4v) is 2.00. The molecule has 0 saturated heterocycles. The van der Waals surface area contributed by atoms with Crippen LogP contribution in [-0.4, -0.2) is 46.7 Å². The molecular weight excluding hydrogens is 368 g/mol. The van der Waals surface area contributed by atoms with Gasteiger partial charge >= 0.3 is 18.0 Å². The molecule has 0 aliphatic rings. The summed E-state index contributed by atoms with van der Waals surface area (Å²) in [6, 6.07) is 6.39. The molecule has 154 valence electrons. The first-order valence-electron chi connectivity index (χ1n) is 8.70. The fourth-order valence-electron chi connectivity index (χ4n) is 2.00. The van der Waals surface area contributed by atoms with Gasteiger partial charge in [-0.3, -0.25) is 14.4 Å². The largest absolute Gasteiger partial charge is 0.480 e. The van der Waals surface area contributed by atoms with Crippen molar-refractivity contribution in [2.75, 3.05) is 0 Å². The molecule has 0 aromatic heterocycles. The van der Waals surface area contributed by atoms with Crippen LogP contribution in [0.3, 0.4) is 0 Å². The molecule has 1 aromatic carbocycles. The Kier molecular flexibility index (Phi) is 8.43. The molecule has 0 aliphatic heterocycles. The first-order valence-corrected chi connectivity index (χ1v) is 8.70. The number of benzene rings is 1. The third-order valence-electron chi connectivity index (χ3n) is 3.35. The van der Waals surface area contributed by atoms with Crippen LogP contribution in [0.4, 0.5) is 4.79 Å². The van der Waals surface area contributed by atoms with E-state index in [2.05, 4.69) is 10.6 Å². The molecule has 9 nitrogen and oxygen atoms in total. The second-order valence-corrected chi connectivity index (χ2v) is 7.12. The Balaban J connectivity index is 2.75. The number of ether oxygens (including phenoxy) is 2. The van der Waals surface area contributed by atoms with Gasteiger partial charge in [0.1, 0.15) is 24.3 Å². The molecule has 3 N–H and O–H groups in total. The highest BCUT2D eigenvalue weighted by Gasteiger charge is 2.29. The second kappa shape index (κ2) is 10.3. The monoisotopic (exact) mass is 394 g/mol. The van der Waals surface area contributed by atoms with Crippen LogP contribution >= 0.6 is 0 Å². The van der Waals surface area contributed by atoms with Crippen molar-refractivity contribution in [2.45, 2.75) is 58.4 Å². The van der Waals surface area contributed by atoms with Gasteiger partial charge in [0.25, 0.3) is 0 Å². The maximum atomic E-state index is 12.3. The van der Waals surface area contributed by atoms with E-state index in [1.165, 1.54) is 6.92 Å². The minimum absolute atomic E-state index is 0.00593. The summed E-state index contributed by atoms with van der Waals surface area (Å²) in [6.45, 7) is 6.19. The van der Waals surface area contributed by atoms with Gasteiger partial charge in [-0.25, -0.2) is 4.79 Å². The predicted molar refractivity (Wildman–Crippen MR) is 99.3 cm³/mol. The summed E-state index contributed by atoms with van der Waals surface area (Å²) in [5, 5.41) is 13.4. The summed E-state index contributed by atoms with van der Waals surface area (Å²) in [4.78, 5) is 47.3. The van der Waals surface area contributed by atoms with E-state index in [0.29, 0.717) is 0 Å². The van der Waals surface area contributed by atoms with Crippen LogP contribution in [0.1, 0.15) is 39.7 Å². The van der Waals surface area contributed by atoms with Gasteiger partial charge in [-0.05, 0) is 33.3 Å². The first-order chi connectivity index (χ1) is 13.0. The van der Waals surface area contributed by atoms with Crippen molar-refractivity contribution in [3.8, 4) is 0 Å². The number of hydrogen-bond donors (Lipinski definition) is 3. The highest BCUT2D eigenvalue weighted by atomic mass is 16.6. The number of hydrogen-bond acceptors (Lipinski definition) is 6. The van der Waals surface area contributed by atoms with Crippen molar-refractivity contribution >= 4 is 23.9 Å². The molecule has 0 radical (unpaired) electrons. The molecule has 1 aromatic rings. The Morgan fingerprint density at radius 2 is 1.68 bits per heavy atom. The SMILES string of the molecule is C[C@H](NC(=O)[C@H](CC(=O)OCc1ccccc1)NC(=O)OC(C)(C)C)C(=O)O. The van der Waals surface area contributed by atoms with E-state index in [9.17, 15) is 19.2 Å². The molecule has 0 spiro atoms. The number of amides is 2. The Labute approximate surface area is 163 Å². The quantitative estimate of drug-likeness (QED) is 0.571. The molecular formula is C19H26N2O7. The zero-order chi connectivity index (χ0) is 21.3. The van der Waals surface area contributed by atoms with Crippen LogP contribution in [-0.2, 0) is 30.5 Å². The number of carboxylic acids is 1. The topological polar surface area (TPSA) is 131 Å². The molecule has 2 atom stereocenters. The Bertz CT molecular complexity index is 698. The van der Waals surface area contributed by atoms with E-state index >= 15 is 0 Å². The molecule has 0 aliphatic carbocycles. The molecule has 1 rings (SSSR count). The minimum atomic E-state index is -1.35. The van der Waals surface area contributed by atoms with Crippen molar-refractivity contribution in [3.63, 3.8) is 0 Å². The summed E-state index contributed by atoms with van der Waals surface area (Å²) in [5.74, 6) is -2.82. The standard InChI is InChI=1S/C19H26N2O7/c1-12(17(24)25)20-16(23)14(21-18(26)28-19(2,3)4)10-15(22)27-11-13-8-6-5-7-9-13/h5-9,12,14H,10-11H2,1-4H3,(H,20,23)(H,21,26)(H,24,25)/t12-,14-/m0/s1. The number of rotatable bonds is 8. The smallest absolute Gasteiger partial charge is 0.408 e. The van der Waals surface area contributed by atoms with Crippen LogP contribution in [0.15, 0.2) is 30.3 Å². The third-order valence-corrected chi connectivity index (χ3v) is 3.35. The summed E-state index contributed by atoms with van der Waals surface area (Å²) < 4.78 is 10.2. The molecule has 9 heteroatoms. The maximum Gasteiger partial charge on any atom is 0.408 e. The number of carboxylic acid groups (broad SMARTS) is 1. The first kappa shape index (κ1) is 22.9. The second-order valence-electron chi connectivity index (χ2n) is 7.12. The number of nitrogens with one attached hydrogen (secondary N) is 2. The molecule has 0 bridgehead atoms. The number of alkyl carbamates (subject to hydrolysis) is 1. The number of carbonyl (C=O) groups is 4. The summed E-state index contributed by atoms with van der Waals surface area (Å²) in [5.41, 5.74) is -0.0516. The highest BCUT2D eigenvalue weighted by molar-refractivity contribution is 5.92. The van der Waals surface area contributed by atoms with Crippen molar-refractivity contribution in [1.82, 2.24) is 10.6 Å². The molecule has 28 heavy (non-hydrogen) atoms. The van der Waals surface area contributed by atoms with Crippen molar-refractivity contribution in [1.29, 1.82) is 0 Å². The molecule has 0 heterocycles. The van der Waals surface area contributed by atoms with Gasteiger partial charge in [0.15, 0.2) is 0 Å². The molecule has 0 unspecified atom stereocenters. The van der Waals surface area contributed by atoms with Crippen molar-refractivity contribution in [3.05, 3.63) is 35.9 Å². The highest BCUT2D eigenvalue weighted by Crippen LogP contribution is 2.08. The maximum absolute atomic E-state index is 12.3. The molecule has 0 fully saturated rings. The van der Waals surface area contributed by atoms with Crippen LogP contribution < -0.4 is 10.6 Å². The van der Waals surface area contributed by atoms with E-state index in [1.54, 1.807) is 45.0 Å². The normalized spacial score (nSPS) is 13.0. The number of esters is 1. The van der Waals surface area contributed by atoms with Gasteiger partial charge in [0, 0.05) is 0 Å². The Morgan fingerprint density at radius 1 is 1.07 bits per heavy atom.